The summed E-state index contributed by atoms with van der Waals surface area (Å²) in [5.41, 5.74) is 1.12. The minimum absolute atomic E-state index is 0.0408. The van der Waals surface area contributed by atoms with Crippen LogP contribution in [0.4, 0.5) is 10.1 Å². The lowest BCUT2D eigenvalue weighted by Crippen LogP contribution is -2.28. The van der Waals surface area contributed by atoms with Crippen LogP contribution in [-0.2, 0) is 10.0 Å². The first-order valence-electron chi connectivity index (χ1n) is 7.34. The van der Waals surface area contributed by atoms with Gasteiger partial charge in [-0.2, -0.15) is 4.39 Å². The molecule has 0 unspecified atom stereocenters. The smallest absolute Gasteiger partial charge is 0.306 e. The number of nitrogens with one attached hydrogen (secondary N) is 1. The van der Waals surface area contributed by atoms with Crippen LogP contribution >= 0.6 is 0 Å². The van der Waals surface area contributed by atoms with Crippen LogP contribution in [0.5, 0.6) is 5.75 Å². The van der Waals surface area contributed by atoms with Gasteiger partial charge < -0.3 is 4.74 Å². The number of nitro groups is 1. The zero-order valence-electron chi connectivity index (χ0n) is 13.7. The Hall–Kier alpha value is -2.52. The molecule has 0 amide bonds. The van der Waals surface area contributed by atoms with E-state index < -0.39 is 26.5 Å². The van der Waals surface area contributed by atoms with E-state index in [-0.39, 0.29) is 18.0 Å². The Morgan fingerprint density at radius 2 is 1.92 bits per heavy atom. The minimum atomic E-state index is -4.01. The van der Waals surface area contributed by atoms with Gasteiger partial charge in [0, 0.05) is 12.6 Å². The molecule has 0 heterocycles. The molecule has 0 aliphatic heterocycles. The van der Waals surface area contributed by atoms with Crippen molar-refractivity contribution >= 4 is 15.7 Å². The lowest BCUT2D eigenvalue weighted by atomic mass is 10.1. The maximum atomic E-state index is 13.3. The summed E-state index contributed by atoms with van der Waals surface area (Å²) in [4.78, 5) is 9.35. The molecule has 1 N–H and O–H groups in total. The summed E-state index contributed by atoms with van der Waals surface area (Å²) in [5.74, 6) is -0.454. The maximum Gasteiger partial charge on any atom is 0.306 e. The normalized spacial score (nSPS) is 11.3. The van der Waals surface area contributed by atoms with Crippen LogP contribution < -0.4 is 9.46 Å². The lowest BCUT2D eigenvalue weighted by Gasteiger charge is -2.11. The van der Waals surface area contributed by atoms with Crippen LogP contribution in [0.1, 0.15) is 11.1 Å². The van der Waals surface area contributed by atoms with Crippen molar-refractivity contribution in [2.45, 2.75) is 18.7 Å². The van der Waals surface area contributed by atoms with E-state index in [0.717, 1.165) is 23.3 Å². The first-order chi connectivity index (χ1) is 11.7. The molecule has 0 saturated carbocycles. The second kappa shape index (κ2) is 7.58. The third-order valence-electron chi connectivity index (χ3n) is 3.41. The van der Waals surface area contributed by atoms with Gasteiger partial charge in [0.1, 0.15) is 12.4 Å². The summed E-state index contributed by atoms with van der Waals surface area (Å²) in [6, 6.07) is 8.01. The molecular formula is C16H17FN2O5S. The highest BCUT2D eigenvalue weighted by atomic mass is 32.2. The van der Waals surface area contributed by atoms with Gasteiger partial charge in [0.05, 0.1) is 9.82 Å². The number of nitro benzene ring substituents is 1. The molecule has 0 atom stereocenters. The first kappa shape index (κ1) is 18.8. The molecule has 2 aromatic carbocycles. The third-order valence-corrected chi connectivity index (χ3v) is 4.87. The first-order valence-corrected chi connectivity index (χ1v) is 8.82. The fourth-order valence-electron chi connectivity index (χ4n) is 2.18. The number of rotatable bonds is 7. The van der Waals surface area contributed by atoms with Gasteiger partial charge in [-0.05, 0) is 37.6 Å². The van der Waals surface area contributed by atoms with Crippen LogP contribution in [0.2, 0.25) is 0 Å². The van der Waals surface area contributed by atoms with Gasteiger partial charge in [-0.3, -0.25) is 10.1 Å². The fraction of sp³-hybridized carbons (Fsp3) is 0.250. The largest absolute Gasteiger partial charge is 0.492 e. The molecule has 2 aromatic rings. The monoisotopic (exact) mass is 368 g/mol. The van der Waals surface area contributed by atoms with Crippen molar-refractivity contribution in [3.63, 3.8) is 0 Å². The van der Waals surface area contributed by atoms with E-state index in [9.17, 15) is 22.9 Å². The number of halogens is 1. The molecule has 9 heteroatoms. The molecule has 7 nitrogen and oxygen atoms in total. The molecule has 134 valence electrons. The average molecular weight is 368 g/mol. The molecular weight excluding hydrogens is 351 g/mol. The molecule has 0 bridgehead atoms. The van der Waals surface area contributed by atoms with E-state index in [1.54, 1.807) is 6.07 Å². The zero-order chi connectivity index (χ0) is 18.6. The summed E-state index contributed by atoms with van der Waals surface area (Å²) < 4.78 is 45.3. The number of hydrogen-bond acceptors (Lipinski definition) is 5. The summed E-state index contributed by atoms with van der Waals surface area (Å²) in [7, 11) is -4.01. The van der Waals surface area contributed by atoms with Crippen molar-refractivity contribution in [1.82, 2.24) is 4.72 Å². The molecule has 0 aliphatic carbocycles. The topological polar surface area (TPSA) is 98.5 Å². The second-order valence-corrected chi connectivity index (χ2v) is 7.15. The second-order valence-electron chi connectivity index (χ2n) is 5.39. The van der Waals surface area contributed by atoms with Crippen molar-refractivity contribution in [3.8, 4) is 5.75 Å². The molecule has 0 aromatic heterocycles. The Bertz CT molecular complexity index is 899. The summed E-state index contributed by atoms with van der Waals surface area (Å²) in [6.45, 7) is 3.87. The lowest BCUT2D eigenvalue weighted by molar-refractivity contribution is -0.387. The Morgan fingerprint density at radius 3 is 2.56 bits per heavy atom. The number of hydrogen-bond donors (Lipinski definition) is 1. The number of aryl methyl sites for hydroxylation is 2. The van der Waals surface area contributed by atoms with Crippen LogP contribution in [0.15, 0.2) is 41.3 Å². The maximum absolute atomic E-state index is 13.3. The van der Waals surface area contributed by atoms with E-state index in [1.807, 2.05) is 26.0 Å². The van der Waals surface area contributed by atoms with Crippen molar-refractivity contribution in [2.75, 3.05) is 13.2 Å². The fourth-order valence-corrected chi connectivity index (χ4v) is 3.21. The average Bonchev–Trinajstić information content (AvgIpc) is 2.53. The molecule has 0 spiro atoms. The van der Waals surface area contributed by atoms with Crippen LogP contribution in [0.25, 0.3) is 0 Å². The van der Waals surface area contributed by atoms with Crippen molar-refractivity contribution in [2.24, 2.45) is 0 Å². The van der Waals surface area contributed by atoms with Gasteiger partial charge in [-0.25, -0.2) is 13.1 Å². The molecule has 0 saturated heterocycles. The van der Waals surface area contributed by atoms with E-state index >= 15 is 0 Å². The standard InChI is InChI=1S/C16H17FN2O5S/c1-11-3-6-16(12(2)9-11)24-8-7-18-25(22,23)13-4-5-14(17)15(10-13)19(20)21/h3-6,9-10,18H,7-8H2,1-2H3. The quantitative estimate of drug-likeness (QED) is 0.460. The van der Waals surface area contributed by atoms with Crippen LogP contribution in [0.3, 0.4) is 0 Å². The van der Waals surface area contributed by atoms with E-state index in [2.05, 4.69) is 4.72 Å². The number of benzene rings is 2. The molecule has 2 rings (SSSR count). The van der Waals surface area contributed by atoms with Gasteiger partial charge in [-0.1, -0.05) is 17.7 Å². The van der Waals surface area contributed by atoms with E-state index in [4.69, 9.17) is 4.74 Å². The summed E-state index contributed by atoms with van der Waals surface area (Å²) in [5, 5.41) is 10.7. The van der Waals surface area contributed by atoms with Crippen LogP contribution in [-0.4, -0.2) is 26.5 Å². The Morgan fingerprint density at radius 1 is 1.20 bits per heavy atom. The summed E-state index contributed by atoms with van der Waals surface area (Å²) >= 11 is 0. The highest BCUT2D eigenvalue weighted by molar-refractivity contribution is 7.89. The Kier molecular flexibility index (Phi) is 5.70. The molecule has 0 fully saturated rings. The SMILES string of the molecule is Cc1ccc(OCCNS(=O)(=O)c2ccc(F)c([N+](=O)[O-])c2)c(C)c1. The Balaban J connectivity index is 2.00. The van der Waals surface area contributed by atoms with Crippen molar-refractivity contribution in [3.05, 3.63) is 63.5 Å². The summed E-state index contributed by atoms with van der Waals surface area (Å²) in [6.07, 6.45) is 0. The van der Waals surface area contributed by atoms with E-state index in [0.29, 0.717) is 11.8 Å². The Labute approximate surface area is 144 Å². The highest BCUT2D eigenvalue weighted by Crippen LogP contribution is 2.21. The van der Waals surface area contributed by atoms with E-state index in [1.165, 1.54) is 0 Å². The van der Waals surface area contributed by atoms with Crippen LogP contribution in [0, 0.1) is 29.8 Å². The predicted octanol–water partition coefficient (Wildman–Crippen LogP) is 2.71. The van der Waals surface area contributed by atoms with Gasteiger partial charge in [0.25, 0.3) is 0 Å². The third kappa shape index (κ3) is 4.74. The van der Waals surface area contributed by atoms with Gasteiger partial charge in [-0.15, -0.1) is 0 Å². The number of nitrogens with zero attached hydrogens (tertiary/aromatic N) is 1. The molecule has 0 radical (unpaired) electrons. The minimum Gasteiger partial charge on any atom is -0.492 e. The van der Waals surface area contributed by atoms with Gasteiger partial charge in [0.2, 0.25) is 15.8 Å². The molecule has 0 aliphatic rings. The van der Waals surface area contributed by atoms with Gasteiger partial charge in [0.15, 0.2) is 0 Å². The highest BCUT2D eigenvalue weighted by Gasteiger charge is 2.21. The predicted molar refractivity (Wildman–Crippen MR) is 89.7 cm³/mol. The zero-order valence-corrected chi connectivity index (χ0v) is 14.5. The van der Waals surface area contributed by atoms with Crippen molar-refractivity contribution < 1.29 is 22.5 Å². The number of ether oxygens (including phenoxy) is 1. The van der Waals surface area contributed by atoms with Gasteiger partial charge >= 0.3 is 5.69 Å². The molecule has 25 heavy (non-hydrogen) atoms. The number of sulfonamides is 1. The van der Waals surface area contributed by atoms with Crippen molar-refractivity contribution in [1.29, 1.82) is 0 Å².